The molecule has 0 amide bonds. The van der Waals surface area contributed by atoms with Gasteiger partial charge in [-0.05, 0) is 43.7 Å². The van der Waals surface area contributed by atoms with Crippen LogP contribution in [0.15, 0.2) is 69.8 Å². The number of thioether (sulfide) groups is 1. The van der Waals surface area contributed by atoms with Crippen molar-refractivity contribution in [3.05, 3.63) is 75.9 Å². The number of aliphatic hydroxyl groups is 1. The highest BCUT2D eigenvalue weighted by Crippen LogP contribution is 2.41. The highest BCUT2D eigenvalue weighted by atomic mass is 32.2. The van der Waals surface area contributed by atoms with Crippen LogP contribution in [0.25, 0.3) is 6.08 Å². The minimum atomic E-state index is -0.630. The van der Waals surface area contributed by atoms with Crippen LogP contribution in [0.1, 0.15) is 18.1 Å². The summed E-state index contributed by atoms with van der Waals surface area (Å²) in [5, 5.41) is 21.0. The van der Waals surface area contributed by atoms with E-state index in [2.05, 4.69) is 4.99 Å². The lowest BCUT2D eigenvalue weighted by molar-refractivity contribution is -0.138. The molecule has 1 aliphatic heterocycles. The number of hydrogen-bond acceptors (Lipinski definition) is 6. The fourth-order valence-electron chi connectivity index (χ4n) is 2.56. The maximum Gasteiger partial charge on any atom is 0.344 e. The van der Waals surface area contributed by atoms with E-state index in [9.17, 15) is 15.0 Å². The number of aliphatic hydroxyl groups excluding tert-OH is 1. The summed E-state index contributed by atoms with van der Waals surface area (Å²) < 4.78 is 5.08. The van der Waals surface area contributed by atoms with Gasteiger partial charge in [-0.25, -0.2) is 9.79 Å². The average molecular weight is 381 g/mol. The molecule has 0 spiro atoms. The summed E-state index contributed by atoms with van der Waals surface area (Å²) in [6, 6.07) is 14.3. The number of phenolic OH excluding ortho intramolecular Hbond substituents is 1. The van der Waals surface area contributed by atoms with Gasteiger partial charge in [-0.15, -0.1) is 0 Å². The number of esters is 1. The Morgan fingerprint density at radius 3 is 2.67 bits per heavy atom. The van der Waals surface area contributed by atoms with Gasteiger partial charge in [-0.1, -0.05) is 42.1 Å². The van der Waals surface area contributed by atoms with Gasteiger partial charge in [0.2, 0.25) is 0 Å². The predicted octanol–water partition coefficient (Wildman–Crippen LogP) is 4.89. The van der Waals surface area contributed by atoms with Crippen LogP contribution in [0, 0.1) is 6.92 Å². The zero-order valence-electron chi connectivity index (χ0n) is 15.0. The second kappa shape index (κ2) is 8.14. The molecule has 0 unspecified atom stereocenters. The summed E-state index contributed by atoms with van der Waals surface area (Å²) in [5.41, 5.74) is 2.28. The Balaban J connectivity index is 2.07. The molecule has 3 rings (SSSR count). The fourth-order valence-corrected chi connectivity index (χ4v) is 3.58. The molecule has 0 aliphatic carbocycles. The number of para-hydroxylation sites is 1. The molecule has 0 saturated carbocycles. The van der Waals surface area contributed by atoms with E-state index in [0.717, 1.165) is 17.3 Å². The molecule has 2 aromatic carbocycles. The SMILES string of the molecule is CCOC(=O)C1=C(O)/C(=C\c2ccccc2O)SC1=Nc1cccc(C)c1. The lowest BCUT2D eigenvalue weighted by Gasteiger charge is -2.04. The van der Waals surface area contributed by atoms with Crippen LogP contribution in [-0.2, 0) is 9.53 Å². The number of aromatic hydroxyl groups is 1. The highest BCUT2D eigenvalue weighted by molar-refractivity contribution is 8.18. The summed E-state index contributed by atoms with van der Waals surface area (Å²) in [6.45, 7) is 3.85. The van der Waals surface area contributed by atoms with Gasteiger partial charge in [-0.3, -0.25) is 0 Å². The largest absolute Gasteiger partial charge is 0.507 e. The van der Waals surface area contributed by atoms with Crippen LogP contribution in [0.2, 0.25) is 0 Å². The Labute approximate surface area is 161 Å². The summed E-state index contributed by atoms with van der Waals surface area (Å²) >= 11 is 1.16. The van der Waals surface area contributed by atoms with Crippen molar-refractivity contribution in [2.45, 2.75) is 13.8 Å². The number of ether oxygens (including phenoxy) is 1. The van der Waals surface area contributed by atoms with Gasteiger partial charge in [0.15, 0.2) is 0 Å². The number of benzene rings is 2. The van der Waals surface area contributed by atoms with E-state index in [1.54, 1.807) is 37.3 Å². The van der Waals surface area contributed by atoms with Crippen LogP contribution < -0.4 is 0 Å². The summed E-state index contributed by atoms with van der Waals surface area (Å²) in [6.07, 6.45) is 1.62. The van der Waals surface area contributed by atoms with Crippen molar-refractivity contribution in [2.24, 2.45) is 4.99 Å². The predicted molar refractivity (Wildman–Crippen MR) is 108 cm³/mol. The van der Waals surface area contributed by atoms with Gasteiger partial charge in [0.1, 0.15) is 22.1 Å². The molecule has 0 radical (unpaired) electrons. The van der Waals surface area contributed by atoms with Crippen LogP contribution in [-0.4, -0.2) is 27.8 Å². The van der Waals surface area contributed by atoms with Crippen molar-refractivity contribution < 1.29 is 19.7 Å². The van der Waals surface area contributed by atoms with Crippen molar-refractivity contribution in [2.75, 3.05) is 6.61 Å². The second-order valence-corrected chi connectivity index (χ2v) is 6.90. The van der Waals surface area contributed by atoms with Gasteiger partial charge in [0.05, 0.1) is 17.2 Å². The van der Waals surface area contributed by atoms with Crippen molar-refractivity contribution in [3.8, 4) is 5.75 Å². The third-order valence-corrected chi connectivity index (χ3v) is 4.85. The van der Waals surface area contributed by atoms with E-state index in [1.165, 1.54) is 0 Å². The third kappa shape index (κ3) is 4.23. The molecule has 0 bridgehead atoms. The Bertz CT molecular complexity index is 976. The second-order valence-electron chi connectivity index (χ2n) is 5.87. The summed E-state index contributed by atoms with van der Waals surface area (Å²) in [4.78, 5) is 17.3. The minimum absolute atomic E-state index is 0.0324. The Hall–Kier alpha value is -2.99. The maximum atomic E-state index is 12.4. The number of phenols is 1. The lowest BCUT2D eigenvalue weighted by atomic mass is 10.1. The van der Waals surface area contributed by atoms with Gasteiger partial charge < -0.3 is 14.9 Å². The van der Waals surface area contributed by atoms with Crippen LogP contribution in [0.3, 0.4) is 0 Å². The first-order chi connectivity index (χ1) is 13.0. The molecule has 0 atom stereocenters. The van der Waals surface area contributed by atoms with Crippen molar-refractivity contribution in [1.82, 2.24) is 0 Å². The first-order valence-corrected chi connectivity index (χ1v) is 9.25. The Morgan fingerprint density at radius 1 is 1.19 bits per heavy atom. The maximum absolute atomic E-state index is 12.4. The van der Waals surface area contributed by atoms with Crippen LogP contribution in [0.4, 0.5) is 5.69 Å². The lowest BCUT2D eigenvalue weighted by Crippen LogP contribution is -2.12. The first kappa shape index (κ1) is 18.8. The van der Waals surface area contributed by atoms with Gasteiger partial charge >= 0.3 is 5.97 Å². The zero-order chi connectivity index (χ0) is 19.4. The molecule has 0 fully saturated rings. The van der Waals surface area contributed by atoms with E-state index in [0.29, 0.717) is 21.2 Å². The molecule has 6 heteroatoms. The molecule has 2 N–H and O–H groups in total. The van der Waals surface area contributed by atoms with Gasteiger partial charge in [0.25, 0.3) is 0 Å². The topological polar surface area (TPSA) is 79.1 Å². The molecule has 138 valence electrons. The van der Waals surface area contributed by atoms with Crippen LogP contribution >= 0.6 is 11.8 Å². The molecule has 1 aliphatic rings. The quantitative estimate of drug-likeness (QED) is 0.737. The Kier molecular flexibility index (Phi) is 5.66. The molecule has 2 aromatic rings. The van der Waals surface area contributed by atoms with Crippen molar-refractivity contribution in [1.29, 1.82) is 0 Å². The van der Waals surface area contributed by atoms with Gasteiger partial charge in [0, 0.05) is 5.56 Å². The Morgan fingerprint density at radius 2 is 1.96 bits per heavy atom. The number of aryl methyl sites for hydroxylation is 1. The fraction of sp³-hybridized carbons (Fsp3) is 0.143. The summed E-state index contributed by atoms with van der Waals surface area (Å²) in [5.74, 6) is -0.747. The summed E-state index contributed by atoms with van der Waals surface area (Å²) in [7, 11) is 0. The molecular weight excluding hydrogens is 362 g/mol. The molecule has 27 heavy (non-hydrogen) atoms. The molecule has 1 heterocycles. The number of nitrogens with zero attached hydrogens (tertiary/aromatic N) is 1. The van der Waals surface area contributed by atoms with E-state index < -0.39 is 5.97 Å². The minimum Gasteiger partial charge on any atom is -0.507 e. The number of rotatable bonds is 4. The third-order valence-electron chi connectivity index (χ3n) is 3.83. The molecule has 5 nitrogen and oxygen atoms in total. The number of hydrogen-bond donors (Lipinski definition) is 2. The zero-order valence-corrected chi connectivity index (χ0v) is 15.8. The number of aliphatic imine (C=N–C) groups is 1. The molecule has 0 saturated heterocycles. The standard InChI is InChI=1S/C21H19NO4S/c1-3-26-21(25)18-19(24)17(12-14-8-4-5-10-16(14)23)27-20(18)22-15-9-6-7-13(2)11-15/h4-12,23-24H,3H2,1-2H3/b17-12+,22-20?. The smallest absolute Gasteiger partial charge is 0.344 e. The first-order valence-electron chi connectivity index (χ1n) is 8.43. The highest BCUT2D eigenvalue weighted by Gasteiger charge is 2.33. The van der Waals surface area contributed by atoms with E-state index >= 15 is 0 Å². The van der Waals surface area contributed by atoms with Gasteiger partial charge in [-0.2, -0.15) is 0 Å². The van der Waals surface area contributed by atoms with E-state index in [1.807, 2.05) is 31.2 Å². The average Bonchev–Trinajstić information content (AvgIpc) is 2.92. The number of carbonyl (C=O) groups is 1. The van der Waals surface area contributed by atoms with Crippen LogP contribution in [0.5, 0.6) is 5.75 Å². The monoisotopic (exact) mass is 381 g/mol. The molecular formula is C21H19NO4S. The molecule has 0 aromatic heterocycles. The van der Waals surface area contributed by atoms with Crippen molar-refractivity contribution >= 4 is 34.5 Å². The van der Waals surface area contributed by atoms with E-state index in [4.69, 9.17) is 4.74 Å². The normalized spacial score (nSPS) is 17.0. The van der Waals surface area contributed by atoms with E-state index in [-0.39, 0.29) is 23.7 Å². The van der Waals surface area contributed by atoms with Crippen molar-refractivity contribution in [3.63, 3.8) is 0 Å². The number of carbonyl (C=O) groups excluding carboxylic acids is 1.